The van der Waals surface area contributed by atoms with Crippen molar-refractivity contribution in [3.05, 3.63) is 52.6 Å². The minimum Gasteiger partial charge on any atom is -0.329 e. The average Bonchev–Trinajstić information content (AvgIpc) is 2.38. The highest BCUT2D eigenvalue weighted by molar-refractivity contribution is 5.60. The molecule has 0 saturated heterocycles. The van der Waals surface area contributed by atoms with E-state index in [0.29, 0.717) is 11.4 Å². The fraction of sp³-hybridized carbons (Fsp3) is 0.0833. The van der Waals surface area contributed by atoms with Gasteiger partial charge < -0.3 is 9.88 Å². The van der Waals surface area contributed by atoms with Crippen LogP contribution in [0, 0.1) is 11.3 Å². The third-order valence-corrected chi connectivity index (χ3v) is 2.37. The van der Waals surface area contributed by atoms with Crippen molar-refractivity contribution in [3.8, 4) is 6.07 Å². The van der Waals surface area contributed by atoms with Crippen molar-refractivity contribution in [2.45, 2.75) is 0 Å². The minimum atomic E-state index is -0.210. The lowest BCUT2D eigenvalue weighted by Gasteiger charge is -2.17. The molecule has 0 aliphatic heterocycles. The van der Waals surface area contributed by atoms with Crippen LogP contribution in [0.1, 0.15) is 5.56 Å². The monoisotopic (exact) mass is 226 g/mol. The molecular weight excluding hydrogens is 216 g/mol. The van der Waals surface area contributed by atoms with Crippen molar-refractivity contribution in [3.63, 3.8) is 0 Å². The van der Waals surface area contributed by atoms with Crippen LogP contribution in [0.3, 0.4) is 0 Å². The molecule has 0 fully saturated rings. The molecule has 0 spiro atoms. The average molecular weight is 226 g/mol. The standard InChI is InChI=1S/C12H10N4O/c1-16(11-6-12(17)15-8-14-11)10-4-2-3-9(5-10)7-13/h2-6,8H,1H3,(H,14,15,17). The highest BCUT2D eigenvalue weighted by Gasteiger charge is 2.06. The predicted octanol–water partition coefficient (Wildman–Crippen LogP) is 1.41. The van der Waals surface area contributed by atoms with Crippen LogP contribution in [-0.4, -0.2) is 17.0 Å². The van der Waals surface area contributed by atoms with Gasteiger partial charge in [-0.3, -0.25) is 4.79 Å². The van der Waals surface area contributed by atoms with Gasteiger partial charge in [0.1, 0.15) is 5.82 Å². The Morgan fingerprint density at radius 2 is 2.24 bits per heavy atom. The van der Waals surface area contributed by atoms with Crippen molar-refractivity contribution in [2.24, 2.45) is 0 Å². The van der Waals surface area contributed by atoms with E-state index in [0.717, 1.165) is 5.69 Å². The van der Waals surface area contributed by atoms with Crippen LogP contribution in [0.4, 0.5) is 11.5 Å². The van der Waals surface area contributed by atoms with Crippen LogP contribution < -0.4 is 10.5 Å². The van der Waals surface area contributed by atoms with Gasteiger partial charge in [-0.25, -0.2) is 4.98 Å². The molecular formula is C12H10N4O. The van der Waals surface area contributed by atoms with E-state index < -0.39 is 0 Å². The molecule has 0 amide bonds. The van der Waals surface area contributed by atoms with Gasteiger partial charge in [0.2, 0.25) is 0 Å². The first-order valence-corrected chi connectivity index (χ1v) is 4.99. The van der Waals surface area contributed by atoms with Gasteiger partial charge in [0, 0.05) is 18.8 Å². The molecule has 0 atom stereocenters. The summed E-state index contributed by atoms with van der Waals surface area (Å²) in [6.45, 7) is 0. The molecule has 1 aromatic heterocycles. The Labute approximate surface area is 98.0 Å². The smallest absolute Gasteiger partial charge is 0.252 e. The Balaban J connectivity index is 2.40. The molecule has 2 aromatic rings. The number of aromatic nitrogens is 2. The first kappa shape index (κ1) is 10.9. The van der Waals surface area contributed by atoms with Crippen LogP contribution in [0.5, 0.6) is 0 Å². The number of anilines is 2. The summed E-state index contributed by atoms with van der Waals surface area (Å²) >= 11 is 0. The van der Waals surface area contributed by atoms with Crippen molar-refractivity contribution in [1.29, 1.82) is 5.26 Å². The molecule has 1 heterocycles. The summed E-state index contributed by atoms with van der Waals surface area (Å²) in [5.41, 5.74) is 1.17. The molecule has 5 nitrogen and oxygen atoms in total. The Bertz CT molecular complexity index is 627. The Morgan fingerprint density at radius 1 is 1.41 bits per heavy atom. The van der Waals surface area contributed by atoms with Crippen LogP contribution in [0.2, 0.25) is 0 Å². The van der Waals surface area contributed by atoms with Crippen molar-refractivity contribution in [2.75, 3.05) is 11.9 Å². The molecule has 2 rings (SSSR count). The van der Waals surface area contributed by atoms with Gasteiger partial charge in [-0.2, -0.15) is 5.26 Å². The van der Waals surface area contributed by atoms with Crippen LogP contribution >= 0.6 is 0 Å². The van der Waals surface area contributed by atoms with Crippen LogP contribution in [-0.2, 0) is 0 Å². The molecule has 0 saturated carbocycles. The molecule has 17 heavy (non-hydrogen) atoms. The van der Waals surface area contributed by atoms with E-state index >= 15 is 0 Å². The second-order valence-corrected chi connectivity index (χ2v) is 3.49. The van der Waals surface area contributed by atoms with Gasteiger partial charge >= 0.3 is 0 Å². The van der Waals surface area contributed by atoms with Gasteiger partial charge in [0.15, 0.2) is 0 Å². The third kappa shape index (κ3) is 2.32. The lowest BCUT2D eigenvalue weighted by molar-refractivity contribution is 1.05. The molecule has 0 unspecified atom stereocenters. The maximum Gasteiger partial charge on any atom is 0.252 e. The predicted molar refractivity (Wildman–Crippen MR) is 64.1 cm³/mol. The largest absolute Gasteiger partial charge is 0.329 e. The number of nitrogens with zero attached hydrogens (tertiary/aromatic N) is 3. The number of hydrogen-bond donors (Lipinski definition) is 1. The Morgan fingerprint density at radius 3 is 2.94 bits per heavy atom. The molecule has 1 aromatic carbocycles. The van der Waals surface area contributed by atoms with Crippen LogP contribution in [0.25, 0.3) is 0 Å². The summed E-state index contributed by atoms with van der Waals surface area (Å²) < 4.78 is 0. The Kier molecular flexibility index (Phi) is 2.88. The van der Waals surface area contributed by atoms with Crippen molar-refractivity contribution >= 4 is 11.5 Å². The highest BCUT2D eigenvalue weighted by Crippen LogP contribution is 2.20. The number of rotatable bonds is 2. The lowest BCUT2D eigenvalue weighted by atomic mass is 10.2. The fourth-order valence-corrected chi connectivity index (χ4v) is 1.46. The first-order chi connectivity index (χ1) is 8.20. The SMILES string of the molecule is CN(c1cccc(C#N)c1)c1cc(=O)[nH]cn1. The van der Waals surface area contributed by atoms with E-state index in [4.69, 9.17) is 5.26 Å². The number of H-pyrrole nitrogens is 1. The number of nitriles is 1. The van der Waals surface area contributed by atoms with Gasteiger partial charge in [-0.05, 0) is 18.2 Å². The molecule has 0 bridgehead atoms. The molecule has 0 aliphatic rings. The van der Waals surface area contributed by atoms with Gasteiger partial charge in [0.05, 0.1) is 18.0 Å². The van der Waals surface area contributed by atoms with E-state index in [-0.39, 0.29) is 5.56 Å². The molecule has 1 N–H and O–H groups in total. The van der Waals surface area contributed by atoms with E-state index in [1.807, 2.05) is 6.07 Å². The van der Waals surface area contributed by atoms with Crippen molar-refractivity contribution in [1.82, 2.24) is 9.97 Å². The summed E-state index contributed by atoms with van der Waals surface area (Å²) in [5, 5.41) is 8.82. The maximum atomic E-state index is 11.2. The normalized spacial score (nSPS) is 9.65. The summed E-state index contributed by atoms with van der Waals surface area (Å²) in [5.74, 6) is 0.531. The summed E-state index contributed by atoms with van der Waals surface area (Å²) in [6, 6.07) is 10.6. The van der Waals surface area contributed by atoms with E-state index in [2.05, 4.69) is 16.0 Å². The van der Waals surface area contributed by atoms with E-state index in [1.165, 1.54) is 12.4 Å². The zero-order chi connectivity index (χ0) is 12.3. The van der Waals surface area contributed by atoms with Crippen LogP contribution in [0.15, 0.2) is 41.5 Å². The molecule has 5 heteroatoms. The molecule has 0 radical (unpaired) electrons. The zero-order valence-electron chi connectivity index (χ0n) is 9.21. The van der Waals surface area contributed by atoms with Gasteiger partial charge in [-0.1, -0.05) is 6.07 Å². The molecule has 0 aliphatic carbocycles. The number of nitrogens with one attached hydrogen (secondary N) is 1. The fourth-order valence-electron chi connectivity index (χ4n) is 1.46. The van der Waals surface area contributed by atoms with Gasteiger partial charge in [0.25, 0.3) is 5.56 Å². The minimum absolute atomic E-state index is 0.210. The summed E-state index contributed by atoms with van der Waals surface area (Å²) in [4.78, 5) is 19.4. The summed E-state index contributed by atoms with van der Waals surface area (Å²) in [7, 11) is 1.79. The topological polar surface area (TPSA) is 72.8 Å². The molecule has 84 valence electrons. The second kappa shape index (κ2) is 4.49. The first-order valence-electron chi connectivity index (χ1n) is 4.99. The second-order valence-electron chi connectivity index (χ2n) is 3.49. The lowest BCUT2D eigenvalue weighted by Crippen LogP contribution is -2.15. The number of benzene rings is 1. The quantitative estimate of drug-likeness (QED) is 0.840. The van der Waals surface area contributed by atoms with E-state index in [9.17, 15) is 4.79 Å². The summed E-state index contributed by atoms with van der Waals surface area (Å²) in [6.07, 6.45) is 1.35. The third-order valence-electron chi connectivity index (χ3n) is 2.37. The number of aromatic amines is 1. The van der Waals surface area contributed by atoms with Gasteiger partial charge in [-0.15, -0.1) is 0 Å². The zero-order valence-corrected chi connectivity index (χ0v) is 9.21. The van der Waals surface area contributed by atoms with E-state index in [1.54, 1.807) is 30.1 Å². The number of hydrogen-bond acceptors (Lipinski definition) is 4. The highest BCUT2D eigenvalue weighted by atomic mass is 16.1. The van der Waals surface area contributed by atoms with Crippen molar-refractivity contribution < 1.29 is 0 Å². The Hall–Kier alpha value is -2.61. The maximum absolute atomic E-state index is 11.2.